The van der Waals surface area contributed by atoms with Gasteiger partial charge in [0.1, 0.15) is 0 Å². The van der Waals surface area contributed by atoms with Crippen LogP contribution in [0, 0.1) is 5.92 Å². The van der Waals surface area contributed by atoms with Crippen LogP contribution in [0.3, 0.4) is 0 Å². The Bertz CT molecular complexity index is 412. The molecule has 20 heavy (non-hydrogen) atoms. The van der Waals surface area contributed by atoms with E-state index in [1.165, 1.54) is 18.5 Å². The molecule has 1 N–H and O–H groups in total. The van der Waals surface area contributed by atoms with E-state index in [0.717, 1.165) is 37.8 Å². The normalized spacial score (nSPS) is 16.6. The highest BCUT2D eigenvalue weighted by atomic mass is 16.5. The van der Waals surface area contributed by atoms with Gasteiger partial charge in [0.05, 0.1) is 25.5 Å². The molecule has 1 fully saturated rings. The molecule has 0 amide bonds. The summed E-state index contributed by atoms with van der Waals surface area (Å²) < 4.78 is 7.54. The minimum atomic E-state index is 0.597. The molecule has 0 aliphatic heterocycles. The molecule has 0 bridgehead atoms. The first-order valence-corrected chi connectivity index (χ1v) is 7.57. The maximum absolute atomic E-state index is 5.45. The number of likely N-dealkylation sites (N-methyl/N-ethyl adjacent to an activating group) is 1. The van der Waals surface area contributed by atoms with Crippen LogP contribution < -0.4 is 10.1 Å². The van der Waals surface area contributed by atoms with Crippen LogP contribution in [-0.2, 0) is 13.0 Å². The van der Waals surface area contributed by atoms with Crippen molar-refractivity contribution >= 4 is 0 Å². The van der Waals surface area contributed by atoms with Gasteiger partial charge in [-0.15, -0.1) is 0 Å². The molecule has 1 aliphatic carbocycles. The van der Waals surface area contributed by atoms with Crippen LogP contribution in [0.5, 0.6) is 5.75 Å². The number of aromatic nitrogens is 2. The number of nitrogens with one attached hydrogen (secondary N) is 1. The first-order valence-electron chi connectivity index (χ1n) is 7.57. The van der Waals surface area contributed by atoms with Crippen molar-refractivity contribution in [3.63, 3.8) is 0 Å². The third-order valence-corrected chi connectivity index (χ3v) is 3.76. The average molecular weight is 280 g/mol. The third kappa shape index (κ3) is 4.49. The predicted molar refractivity (Wildman–Crippen MR) is 81.2 cm³/mol. The van der Waals surface area contributed by atoms with E-state index in [1.807, 2.05) is 6.20 Å². The summed E-state index contributed by atoms with van der Waals surface area (Å²) >= 11 is 0. The largest absolute Gasteiger partial charge is 0.493 e. The Morgan fingerprint density at radius 2 is 2.25 bits per heavy atom. The summed E-state index contributed by atoms with van der Waals surface area (Å²) in [5, 5.41) is 8.06. The number of rotatable bonds is 9. The van der Waals surface area contributed by atoms with E-state index in [0.29, 0.717) is 5.92 Å². The molecule has 0 aromatic carbocycles. The van der Waals surface area contributed by atoms with Crippen molar-refractivity contribution < 1.29 is 4.74 Å². The van der Waals surface area contributed by atoms with Crippen molar-refractivity contribution in [2.45, 2.75) is 38.8 Å². The molecule has 1 aliphatic rings. The number of ether oxygens (including phenoxy) is 1. The lowest BCUT2D eigenvalue weighted by molar-refractivity contribution is 0.360. The van der Waals surface area contributed by atoms with Crippen LogP contribution in [0.4, 0.5) is 0 Å². The number of methoxy groups -OCH3 is 1. The van der Waals surface area contributed by atoms with Gasteiger partial charge in [-0.3, -0.25) is 4.68 Å². The summed E-state index contributed by atoms with van der Waals surface area (Å²) in [6, 6.07) is 0.776. The second-order valence-electron chi connectivity index (χ2n) is 6.18. The van der Waals surface area contributed by atoms with E-state index in [1.54, 1.807) is 7.11 Å². The molecule has 0 radical (unpaired) electrons. The highest BCUT2D eigenvalue weighted by molar-refractivity contribution is 5.25. The third-order valence-electron chi connectivity index (χ3n) is 3.76. The first-order chi connectivity index (χ1) is 9.60. The summed E-state index contributed by atoms with van der Waals surface area (Å²) in [4.78, 5) is 2.18. The Labute approximate surface area is 122 Å². The van der Waals surface area contributed by atoms with Gasteiger partial charge in [0, 0.05) is 12.6 Å². The molecule has 1 aromatic heterocycles. The molecule has 1 saturated carbocycles. The van der Waals surface area contributed by atoms with Crippen LogP contribution in [0.2, 0.25) is 0 Å². The van der Waals surface area contributed by atoms with Gasteiger partial charge < -0.3 is 15.0 Å². The zero-order valence-corrected chi connectivity index (χ0v) is 13.2. The number of hydrogen-bond donors (Lipinski definition) is 1. The van der Waals surface area contributed by atoms with Gasteiger partial charge in [-0.1, -0.05) is 6.92 Å². The van der Waals surface area contributed by atoms with Gasteiger partial charge in [-0.05, 0) is 45.8 Å². The van der Waals surface area contributed by atoms with Crippen molar-refractivity contribution in [3.05, 3.63) is 11.9 Å². The molecule has 114 valence electrons. The lowest BCUT2D eigenvalue weighted by Gasteiger charge is -2.16. The molecule has 0 spiro atoms. The van der Waals surface area contributed by atoms with Gasteiger partial charge in [-0.2, -0.15) is 5.10 Å². The Morgan fingerprint density at radius 1 is 1.50 bits per heavy atom. The Kier molecular flexibility index (Phi) is 5.43. The summed E-state index contributed by atoms with van der Waals surface area (Å²) in [6.45, 7) is 5.27. The van der Waals surface area contributed by atoms with E-state index in [-0.39, 0.29) is 0 Å². The van der Waals surface area contributed by atoms with Crippen molar-refractivity contribution in [1.29, 1.82) is 0 Å². The van der Waals surface area contributed by atoms with Crippen molar-refractivity contribution in [1.82, 2.24) is 20.0 Å². The smallest absolute Gasteiger partial charge is 0.159 e. The van der Waals surface area contributed by atoms with E-state index in [4.69, 9.17) is 4.74 Å². The lowest BCUT2D eigenvalue weighted by Crippen LogP contribution is -2.26. The van der Waals surface area contributed by atoms with Gasteiger partial charge in [-0.25, -0.2) is 0 Å². The van der Waals surface area contributed by atoms with E-state index >= 15 is 0 Å². The fourth-order valence-electron chi connectivity index (χ4n) is 2.31. The average Bonchev–Trinajstić information content (AvgIpc) is 3.16. The van der Waals surface area contributed by atoms with Crippen LogP contribution in [0.1, 0.15) is 25.5 Å². The van der Waals surface area contributed by atoms with Crippen LogP contribution in [0.15, 0.2) is 6.20 Å². The topological polar surface area (TPSA) is 42.3 Å². The summed E-state index contributed by atoms with van der Waals surface area (Å²) in [5.74, 6) is 1.52. The molecule has 1 atom stereocenters. The fourth-order valence-corrected chi connectivity index (χ4v) is 2.31. The molecule has 1 unspecified atom stereocenters. The minimum absolute atomic E-state index is 0.597. The second kappa shape index (κ2) is 7.09. The molecule has 5 nitrogen and oxygen atoms in total. The summed E-state index contributed by atoms with van der Waals surface area (Å²) in [5.41, 5.74) is 1.22. The fraction of sp³-hybridized carbons (Fsp3) is 0.800. The predicted octanol–water partition coefficient (Wildman–Crippen LogP) is 1.38. The monoisotopic (exact) mass is 280 g/mol. The van der Waals surface area contributed by atoms with Crippen LogP contribution in [-0.4, -0.2) is 55.0 Å². The Morgan fingerprint density at radius 3 is 2.85 bits per heavy atom. The van der Waals surface area contributed by atoms with Crippen LogP contribution in [0.25, 0.3) is 0 Å². The quantitative estimate of drug-likeness (QED) is 0.742. The number of hydrogen-bond acceptors (Lipinski definition) is 4. The molecule has 0 saturated heterocycles. The molecule has 2 rings (SSSR count). The highest BCUT2D eigenvalue weighted by Crippen LogP contribution is 2.22. The second-order valence-corrected chi connectivity index (χ2v) is 6.18. The van der Waals surface area contributed by atoms with Crippen molar-refractivity contribution in [3.8, 4) is 5.75 Å². The highest BCUT2D eigenvalue weighted by Gasteiger charge is 2.22. The van der Waals surface area contributed by atoms with E-state index in [9.17, 15) is 0 Å². The van der Waals surface area contributed by atoms with Gasteiger partial charge in [0.25, 0.3) is 0 Å². The van der Waals surface area contributed by atoms with Crippen LogP contribution >= 0.6 is 0 Å². The Hall–Kier alpha value is -1.07. The molecular formula is C15H28N4O. The molecule has 1 aromatic rings. The Balaban J connectivity index is 1.93. The molecular weight excluding hydrogens is 252 g/mol. The van der Waals surface area contributed by atoms with Gasteiger partial charge in [0.2, 0.25) is 0 Å². The zero-order chi connectivity index (χ0) is 14.5. The maximum atomic E-state index is 5.45. The molecule has 5 heteroatoms. The summed E-state index contributed by atoms with van der Waals surface area (Å²) in [7, 11) is 5.90. The van der Waals surface area contributed by atoms with Gasteiger partial charge >= 0.3 is 0 Å². The SMILES string of the molecule is COc1cnn(CCN(C)C)c1CC(C)CNC1CC1. The van der Waals surface area contributed by atoms with Crippen molar-refractivity contribution in [2.24, 2.45) is 5.92 Å². The molecule has 1 heterocycles. The minimum Gasteiger partial charge on any atom is -0.493 e. The lowest BCUT2D eigenvalue weighted by atomic mass is 10.1. The summed E-state index contributed by atoms with van der Waals surface area (Å²) in [6.07, 6.45) is 5.54. The standard InChI is InChI=1S/C15H28N4O/c1-12(10-16-13-5-6-13)9-14-15(20-4)11-17-19(14)8-7-18(2)3/h11-13,16H,5-10H2,1-4H3. The first kappa shape index (κ1) is 15.3. The zero-order valence-electron chi connectivity index (χ0n) is 13.2. The van der Waals surface area contributed by atoms with Gasteiger partial charge in [0.15, 0.2) is 5.75 Å². The number of nitrogens with zero attached hydrogens (tertiary/aromatic N) is 3. The van der Waals surface area contributed by atoms with E-state index < -0.39 is 0 Å². The van der Waals surface area contributed by atoms with E-state index in [2.05, 4.69) is 41.0 Å². The van der Waals surface area contributed by atoms with Crippen molar-refractivity contribution in [2.75, 3.05) is 34.3 Å². The maximum Gasteiger partial charge on any atom is 0.159 e.